The van der Waals surface area contributed by atoms with E-state index in [1.165, 1.54) is 11.3 Å². The molecule has 160 valence electrons. The molecule has 2 aromatic heterocycles. The fourth-order valence-electron chi connectivity index (χ4n) is 3.59. The number of rotatable bonds is 4. The standard InChI is InChI=1S/C25H18Cl2N2O2S/c1-14-9-20-21(10-15(14)2)29-24(30)23(32-25(29)28-20)11-16-5-3-4-6-22(16)31-13-17-7-8-18(26)12-19(17)27/h3-12H,13H2,1-2H3/b23-11-. The summed E-state index contributed by atoms with van der Waals surface area (Å²) in [7, 11) is 0. The van der Waals surface area contributed by atoms with Crippen molar-refractivity contribution in [2.24, 2.45) is 0 Å². The van der Waals surface area contributed by atoms with Gasteiger partial charge in [-0.25, -0.2) is 9.38 Å². The lowest BCUT2D eigenvalue weighted by atomic mass is 10.1. The summed E-state index contributed by atoms with van der Waals surface area (Å²) in [6.07, 6.45) is 1.85. The lowest BCUT2D eigenvalue weighted by Gasteiger charge is -2.10. The molecule has 0 aliphatic rings. The van der Waals surface area contributed by atoms with Crippen LogP contribution in [0.5, 0.6) is 5.75 Å². The topological polar surface area (TPSA) is 43.6 Å². The van der Waals surface area contributed by atoms with Crippen molar-refractivity contribution in [1.29, 1.82) is 0 Å². The van der Waals surface area contributed by atoms with Crippen LogP contribution in [0.3, 0.4) is 0 Å². The van der Waals surface area contributed by atoms with Gasteiger partial charge in [-0.3, -0.25) is 4.79 Å². The quantitative estimate of drug-likeness (QED) is 0.318. The van der Waals surface area contributed by atoms with Gasteiger partial charge in [0.05, 0.1) is 15.6 Å². The third kappa shape index (κ3) is 3.77. The molecular weight excluding hydrogens is 463 g/mol. The van der Waals surface area contributed by atoms with E-state index in [2.05, 4.69) is 4.98 Å². The van der Waals surface area contributed by atoms with Crippen LogP contribution in [0.4, 0.5) is 0 Å². The van der Waals surface area contributed by atoms with E-state index < -0.39 is 0 Å². The van der Waals surface area contributed by atoms with Crippen LogP contribution in [-0.2, 0) is 6.61 Å². The number of thiazole rings is 1. The summed E-state index contributed by atoms with van der Waals surface area (Å²) < 4.78 is 8.33. The zero-order valence-electron chi connectivity index (χ0n) is 17.4. The smallest absolute Gasteiger partial charge is 0.274 e. The molecule has 0 saturated carbocycles. The van der Waals surface area contributed by atoms with E-state index in [9.17, 15) is 4.79 Å². The van der Waals surface area contributed by atoms with Gasteiger partial charge in [-0.05, 0) is 61.4 Å². The van der Waals surface area contributed by atoms with Gasteiger partial charge in [0.1, 0.15) is 12.4 Å². The van der Waals surface area contributed by atoms with Gasteiger partial charge in [0.25, 0.3) is 5.56 Å². The number of ether oxygens (including phenoxy) is 1. The first-order valence-corrected chi connectivity index (χ1v) is 11.6. The minimum atomic E-state index is -0.0775. The van der Waals surface area contributed by atoms with E-state index in [-0.39, 0.29) is 5.56 Å². The van der Waals surface area contributed by atoms with Crippen molar-refractivity contribution in [2.45, 2.75) is 20.5 Å². The first-order valence-electron chi connectivity index (χ1n) is 10.0. The molecule has 5 aromatic rings. The molecule has 0 fully saturated rings. The summed E-state index contributed by atoms with van der Waals surface area (Å²) in [5, 5.41) is 1.13. The molecule has 0 spiro atoms. The van der Waals surface area contributed by atoms with Crippen molar-refractivity contribution in [3.05, 3.63) is 102 Å². The third-order valence-corrected chi connectivity index (χ3v) is 7.01. The third-order valence-electron chi connectivity index (χ3n) is 5.46. The Morgan fingerprint density at radius 3 is 2.66 bits per heavy atom. The van der Waals surface area contributed by atoms with Crippen LogP contribution in [0.25, 0.3) is 22.1 Å². The molecule has 3 aromatic carbocycles. The number of fused-ring (bicyclic) bond motifs is 3. The first-order chi connectivity index (χ1) is 15.4. The molecule has 7 heteroatoms. The molecule has 32 heavy (non-hydrogen) atoms. The Labute approximate surface area is 198 Å². The maximum Gasteiger partial charge on any atom is 0.274 e. The van der Waals surface area contributed by atoms with Crippen molar-refractivity contribution < 1.29 is 4.74 Å². The second-order valence-electron chi connectivity index (χ2n) is 7.63. The molecule has 4 nitrogen and oxygen atoms in total. The van der Waals surface area contributed by atoms with Crippen molar-refractivity contribution in [1.82, 2.24) is 9.38 Å². The molecule has 0 aliphatic carbocycles. The molecule has 0 bridgehead atoms. The van der Waals surface area contributed by atoms with Gasteiger partial charge in [-0.1, -0.05) is 58.8 Å². The van der Waals surface area contributed by atoms with Crippen molar-refractivity contribution in [3.8, 4) is 5.75 Å². The summed E-state index contributed by atoms with van der Waals surface area (Å²) in [6, 6.07) is 17.0. The van der Waals surface area contributed by atoms with Gasteiger partial charge in [0.2, 0.25) is 0 Å². The van der Waals surface area contributed by atoms with Gasteiger partial charge in [0, 0.05) is 21.2 Å². The molecule has 0 aliphatic heterocycles. The van der Waals surface area contributed by atoms with Crippen molar-refractivity contribution in [2.75, 3.05) is 0 Å². The number of benzene rings is 3. The fraction of sp³-hybridized carbons (Fsp3) is 0.120. The van der Waals surface area contributed by atoms with Gasteiger partial charge in [0.15, 0.2) is 4.96 Å². The van der Waals surface area contributed by atoms with E-state index in [1.54, 1.807) is 16.5 Å². The summed E-state index contributed by atoms with van der Waals surface area (Å²) in [4.78, 5) is 18.6. The number of aryl methyl sites for hydroxylation is 2. The van der Waals surface area contributed by atoms with E-state index in [1.807, 2.05) is 62.4 Å². The molecule has 0 amide bonds. The fourth-order valence-corrected chi connectivity index (χ4v) is 5.03. The van der Waals surface area contributed by atoms with Crippen molar-refractivity contribution in [3.63, 3.8) is 0 Å². The lowest BCUT2D eigenvalue weighted by Crippen LogP contribution is -2.22. The monoisotopic (exact) mass is 480 g/mol. The van der Waals surface area contributed by atoms with Crippen LogP contribution in [0.2, 0.25) is 10.0 Å². The molecule has 0 radical (unpaired) electrons. The molecule has 0 saturated heterocycles. The summed E-state index contributed by atoms with van der Waals surface area (Å²) in [5.74, 6) is 0.667. The average Bonchev–Trinajstić information content (AvgIpc) is 3.24. The first kappa shape index (κ1) is 21.0. The molecular formula is C25H18Cl2N2O2S. The van der Waals surface area contributed by atoms with E-state index in [0.717, 1.165) is 33.3 Å². The Kier molecular flexibility index (Phi) is 5.41. The molecule has 2 heterocycles. The van der Waals surface area contributed by atoms with E-state index >= 15 is 0 Å². The second kappa shape index (κ2) is 8.24. The molecule has 5 rings (SSSR count). The van der Waals surface area contributed by atoms with E-state index in [0.29, 0.717) is 31.9 Å². The SMILES string of the molecule is Cc1cc2nc3s/c(=C\c4ccccc4OCc4ccc(Cl)cc4Cl)c(=O)n3c2cc1C. The maximum atomic E-state index is 13.2. The Balaban J connectivity index is 1.55. The molecule has 0 unspecified atom stereocenters. The Morgan fingerprint density at radius 2 is 1.84 bits per heavy atom. The van der Waals surface area contributed by atoms with E-state index in [4.69, 9.17) is 27.9 Å². The zero-order valence-corrected chi connectivity index (χ0v) is 19.7. The molecule has 0 atom stereocenters. The van der Waals surface area contributed by atoms with Crippen LogP contribution >= 0.6 is 34.5 Å². The minimum Gasteiger partial charge on any atom is -0.488 e. The lowest BCUT2D eigenvalue weighted by molar-refractivity contribution is 0.305. The van der Waals surface area contributed by atoms with Crippen LogP contribution < -0.4 is 14.8 Å². The second-order valence-corrected chi connectivity index (χ2v) is 9.49. The minimum absolute atomic E-state index is 0.0775. The number of aromatic nitrogens is 2. The number of para-hydroxylation sites is 1. The number of imidazole rings is 1. The number of hydrogen-bond donors (Lipinski definition) is 0. The van der Waals surface area contributed by atoms with Crippen molar-refractivity contribution >= 4 is 56.6 Å². The predicted octanol–water partition coefficient (Wildman–Crippen LogP) is 5.96. The Hall–Kier alpha value is -2.86. The van der Waals surface area contributed by atoms with Crippen LogP contribution in [0.15, 0.2) is 59.4 Å². The average molecular weight is 481 g/mol. The normalized spacial score (nSPS) is 12.2. The summed E-state index contributed by atoms with van der Waals surface area (Å²) in [5.41, 5.74) is 5.55. The van der Waals surface area contributed by atoms with Gasteiger partial charge >= 0.3 is 0 Å². The summed E-state index contributed by atoms with van der Waals surface area (Å²) in [6.45, 7) is 4.38. The highest BCUT2D eigenvalue weighted by atomic mass is 35.5. The Morgan fingerprint density at radius 1 is 1.06 bits per heavy atom. The molecule has 0 N–H and O–H groups in total. The number of halogens is 2. The predicted molar refractivity (Wildman–Crippen MR) is 132 cm³/mol. The van der Waals surface area contributed by atoms with Crippen LogP contribution in [0.1, 0.15) is 22.3 Å². The maximum absolute atomic E-state index is 13.2. The van der Waals surface area contributed by atoms with Gasteiger partial charge in [-0.2, -0.15) is 0 Å². The van der Waals surface area contributed by atoms with Crippen LogP contribution in [-0.4, -0.2) is 9.38 Å². The highest BCUT2D eigenvalue weighted by Gasteiger charge is 2.13. The van der Waals surface area contributed by atoms with Gasteiger partial charge < -0.3 is 4.74 Å². The number of nitrogens with zero attached hydrogens (tertiary/aromatic N) is 2. The summed E-state index contributed by atoms with van der Waals surface area (Å²) >= 11 is 13.6. The van der Waals surface area contributed by atoms with Crippen LogP contribution in [0, 0.1) is 13.8 Å². The number of hydrogen-bond acceptors (Lipinski definition) is 4. The highest BCUT2D eigenvalue weighted by molar-refractivity contribution is 7.15. The van der Waals surface area contributed by atoms with Gasteiger partial charge in [-0.15, -0.1) is 0 Å². The largest absolute Gasteiger partial charge is 0.488 e. The zero-order chi connectivity index (χ0) is 22.4. The Bertz CT molecular complexity index is 1600. The highest BCUT2D eigenvalue weighted by Crippen LogP contribution is 2.25.